The van der Waals surface area contributed by atoms with E-state index in [0.29, 0.717) is 11.1 Å². The highest BCUT2D eigenvalue weighted by Gasteiger charge is 1.94. The molecule has 49 valence electrons. The van der Waals surface area contributed by atoms with Crippen LogP contribution in [-0.2, 0) is 11.7 Å². The highest BCUT2D eigenvalue weighted by molar-refractivity contribution is 5.39. The first-order valence-electron chi connectivity index (χ1n) is 3.01. The summed E-state index contributed by atoms with van der Waals surface area (Å²) >= 11 is 0. The second-order valence-electron chi connectivity index (χ2n) is 1.95. The zero-order chi connectivity index (χ0) is 7.40. The van der Waals surface area contributed by atoms with Gasteiger partial charge in [-0.25, -0.2) is 5.11 Å². The summed E-state index contributed by atoms with van der Waals surface area (Å²) in [5, 5.41) is 10.4. The lowest BCUT2D eigenvalue weighted by Crippen LogP contribution is -1.85. The highest BCUT2D eigenvalue weighted by atomic mass is 16.3. The zero-order valence-electron chi connectivity index (χ0n) is 5.50. The molecule has 0 amide bonds. The number of terminal acetylenes is 1. The fraction of sp³-hybridized carbons (Fsp3) is 0.111. The molecule has 1 aromatic carbocycles. The third-order valence-corrected chi connectivity index (χ3v) is 1.33. The number of benzene rings is 1. The molecule has 1 heteroatoms. The Morgan fingerprint density at radius 1 is 1.40 bits per heavy atom. The molecular weight excluding hydrogens is 124 g/mol. The Kier molecular flexibility index (Phi) is 2.09. The Hall–Kier alpha value is -1.26. The van der Waals surface area contributed by atoms with Crippen molar-refractivity contribution in [1.82, 2.24) is 0 Å². The van der Waals surface area contributed by atoms with Gasteiger partial charge in [0.05, 0.1) is 0 Å². The lowest BCUT2D eigenvalue weighted by molar-refractivity contribution is 0.177. The summed E-state index contributed by atoms with van der Waals surface area (Å²) in [6, 6.07) is 7.16. The molecule has 0 N–H and O–H groups in total. The van der Waals surface area contributed by atoms with Crippen LogP contribution in [0.1, 0.15) is 11.1 Å². The summed E-state index contributed by atoms with van der Waals surface area (Å²) in [7, 11) is 0. The molecular formula is C9H7O. The van der Waals surface area contributed by atoms with Crippen molar-refractivity contribution >= 4 is 0 Å². The Labute approximate surface area is 60.3 Å². The van der Waals surface area contributed by atoms with Crippen LogP contribution in [0.5, 0.6) is 0 Å². The summed E-state index contributed by atoms with van der Waals surface area (Å²) in [5.41, 5.74) is 1.41. The summed E-state index contributed by atoms with van der Waals surface area (Å²) in [6.45, 7) is -0.236. The van der Waals surface area contributed by atoms with Crippen LogP contribution in [0.4, 0.5) is 0 Å². The molecule has 10 heavy (non-hydrogen) atoms. The SMILES string of the molecule is C#Cc1ccccc1C[O]. The van der Waals surface area contributed by atoms with Gasteiger partial charge in [0.25, 0.3) is 0 Å². The quantitative estimate of drug-likeness (QED) is 0.516. The van der Waals surface area contributed by atoms with E-state index in [1.807, 2.05) is 12.1 Å². The molecule has 0 bridgehead atoms. The van der Waals surface area contributed by atoms with Crippen LogP contribution < -0.4 is 0 Å². The maximum Gasteiger partial charge on any atom is 0.108 e. The summed E-state index contributed by atoms with van der Waals surface area (Å²) in [5.74, 6) is 2.45. The van der Waals surface area contributed by atoms with Gasteiger partial charge in [-0.05, 0) is 11.6 Å². The fourth-order valence-corrected chi connectivity index (χ4v) is 0.787. The van der Waals surface area contributed by atoms with Gasteiger partial charge in [-0.15, -0.1) is 6.42 Å². The fourth-order valence-electron chi connectivity index (χ4n) is 0.787. The molecule has 1 rings (SSSR count). The van der Waals surface area contributed by atoms with E-state index in [2.05, 4.69) is 5.92 Å². The zero-order valence-corrected chi connectivity index (χ0v) is 5.50. The minimum absolute atomic E-state index is 0.236. The molecule has 0 aliphatic carbocycles. The Balaban J connectivity index is 3.12. The lowest BCUT2D eigenvalue weighted by atomic mass is 10.1. The molecule has 0 spiro atoms. The molecule has 0 saturated heterocycles. The monoisotopic (exact) mass is 131 g/mol. The molecule has 0 fully saturated rings. The molecule has 1 nitrogen and oxygen atoms in total. The van der Waals surface area contributed by atoms with Gasteiger partial charge in [-0.3, -0.25) is 0 Å². The number of rotatable bonds is 1. The van der Waals surface area contributed by atoms with Crippen molar-refractivity contribution < 1.29 is 5.11 Å². The third kappa shape index (κ3) is 1.18. The van der Waals surface area contributed by atoms with Gasteiger partial charge in [-0.1, -0.05) is 24.1 Å². The van der Waals surface area contributed by atoms with Crippen LogP contribution in [-0.4, -0.2) is 0 Å². The first kappa shape index (κ1) is 6.85. The molecule has 1 radical (unpaired) electrons. The van der Waals surface area contributed by atoms with Crippen molar-refractivity contribution in [3.05, 3.63) is 35.4 Å². The Morgan fingerprint density at radius 2 is 2.10 bits per heavy atom. The minimum atomic E-state index is -0.236. The smallest absolute Gasteiger partial charge is 0.108 e. The van der Waals surface area contributed by atoms with Crippen LogP contribution in [0.3, 0.4) is 0 Å². The third-order valence-electron chi connectivity index (χ3n) is 1.33. The largest absolute Gasteiger partial charge is 0.232 e. The van der Waals surface area contributed by atoms with E-state index in [0.717, 1.165) is 0 Å². The van der Waals surface area contributed by atoms with Crippen LogP contribution in [0.2, 0.25) is 0 Å². The van der Waals surface area contributed by atoms with E-state index >= 15 is 0 Å². The highest BCUT2D eigenvalue weighted by Crippen LogP contribution is 2.05. The van der Waals surface area contributed by atoms with Gasteiger partial charge in [-0.2, -0.15) is 0 Å². The molecule has 0 saturated carbocycles. The maximum absolute atomic E-state index is 10.4. The average Bonchev–Trinajstić information content (AvgIpc) is 2.04. The van der Waals surface area contributed by atoms with Crippen LogP contribution in [0, 0.1) is 12.3 Å². The van der Waals surface area contributed by atoms with Gasteiger partial charge in [0.15, 0.2) is 0 Å². The second kappa shape index (κ2) is 3.05. The molecule has 0 atom stereocenters. The van der Waals surface area contributed by atoms with E-state index in [4.69, 9.17) is 6.42 Å². The van der Waals surface area contributed by atoms with E-state index in [-0.39, 0.29) is 6.61 Å². The van der Waals surface area contributed by atoms with Crippen molar-refractivity contribution in [1.29, 1.82) is 0 Å². The van der Waals surface area contributed by atoms with E-state index in [9.17, 15) is 5.11 Å². The summed E-state index contributed by atoms with van der Waals surface area (Å²) in [4.78, 5) is 0. The average molecular weight is 131 g/mol. The molecule has 0 heterocycles. The van der Waals surface area contributed by atoms with Crippen molar-refractivity contribution in [2.45, 2.75) is 6.61 Å². The van der Waals surface area contributed by atoms with Gasteiger partial charge in [0, 0.05) is 5.56 Å². The van der Waals surface area contributed by atoms with Crippen molar-refractivity contribution in [2.75, 3.05) is 0 Å². The molecule has 0 aromatic heterocycles. The van der Waals surface area contributed by atoms with Crippen LogP contribution in [0.25, 0.3) is 0 Å². The van der Waals surface area contributed by atoms with Crippen molar-refractivity contribution in [2.24, 2.45) is 0 Å². The summed E-state index contributed by atoms with van der Waals surface area (Å²) < 4.78 is 0. The Morgan fingerprint density at radius 3 is 2.60 bits per heavy atom. The van der Waals surface area contributed by atoms with Crippen molar-refractivity contribution in [3.8, 4) is 12.3 Å². The van der Waals surface area contributed by atoms with E-state index in [1.54, 1.807) is 12.1 Å². The van der Waals surface area contributed by atoms with Gasteiger partial charge >= 0.3 is 0 Å². The first-order chi connectivity index (χ1) is 4.88. The predicted octanol–water partition coefficient (Wildman–Crippen LogP) is 1.60. The van der Waals surface area contributed by atoms with Gasteiger partial charge < -0.3 is 0 Å². The number of hydrogen-bond acceptors (Lipinski definition) is 0. The molecule has 0 aliphatic heterocycles. The second-order valence-corrected chi connectivity index (χ2v) is 1.95. The van der Waals surface area contributed by atoms with Crippen LogP contribution in [0.15, 0.2) is 24.3 Å². The predicted molar refractivity (Wildman–Crippen MR) is 38.8 cm³/mol. The number of hydrogen-bond donors (Lipinski definition) is 0. The van der Waals surface area contributed by atoms with Crippen LogP contribution >= 0.6 is 0 Å². The maximum atomic E-state index is 10.4. The summed E-state index contributed by atoms with van der Waals surface area (Å²) in [6.07, 6.45) is 5.14. The minimum Gasteiger partial charge on any atom is -0.232 e. The molecule has 0 unspecified atom stereocenters. The van der Waals surface area contributed by atoms with E-state index in [1.165, 1.54) is 0 Å². The molecule has 0 aliphatic rings. The molecule has 1 aromatic rings. The van der Waals surface area contributed by atoms with Gasteiger partial charge in [0.1, 0.15) is 6.61 Å². The first-order valence-corrected chi connectivity index (χ1v) is 3.01. The van der Waals surface area contributed by atoms with Crippen molar-refractivity contribution in [3.63, 3.8) is 0 Å². The van der Waals surface area contributed by atoms with E-state index < -0.39 is 0 Å². The lowest BCUT2D eigenvalue weighted by Gasteiger charge is -1.95. The topological polar surface area (TPSA) is 19.9 Å². The Bertz CT molecular complexity index is 258. The van der Waals surface area contributed by atoms with Gasteiger partial charge in [0.2, 0.25) is 0 Å². The normalized spacial score (nSPS) is 8.80. The standard InChI is InChI=1S/C9H7O/c1-2-8-5-3-4-6-9(8)7-10/h1,3-6H,7H2.